The zero-order chi connectivity index (χ0) is 23.4. The van der Waals surface area contributed by atoms with Crippen molar-refractivity contribution in [2.75, 3.05) is 18.2 Å². The van der Waals surface area contributed by atoms with E-state index in [-0.39, 0.29) is 11.5 Å². The Balaban J connectivity index is 2.02. The number of nitrogens with zero attached hydrogens (tertiary/aromatic N) is 2. The van der Waals surface area contributed by atoms with E-state index in [4.69, 9.17) is 9.47 Å². The molecule has 0 saturated heterocycles. The Kier molecular flexibility index (Phi) is 7.52. The number of hydrazone groups is 1. The Labute approximate surface area is 202 Å². The standard InChI is InChI=1S/C23H20Br2N2O5/c1-4-9-32-21-18(31-5-2)12-15(19(24)20(21)25)11-17-13(3)26-27(22(17)28)16-8-6-7-14(10-16)23(29)30/h4,6-8,10-12H,1,5,9H2,2-3H3,(H,29,30)/b17-11+. The van der Waals surface area contributed by atoms with Crippen molar-refractivity contribution in [1.29, 1.82) is 0 Å². The van der Waals surface area contributed by atoms with E-state index >= 15 is 0 Å². The van der Waals surface area contributed by atoms with E-state index in [1.807, 2.05) is 6.92 Å². The topological polar surface area (TPSA) is 88.4 Å². The molecule has 0 aromatic heterocycles. The van der Waals surface area contributed by atoms with E-state index in [0.717, 1.165) is 0 Å². The zero-order valence-corrected chi connectivity index (χ0v) is 20.6. The summed E-state index contributed by atoms with van der Waals surface area (Å²) in [5, 5.41) is 14.8. The van der Waals surface area contributed by atoms with Gasteiger partial charge in [0.1, 0.15) is 6.61 Å². The van der Waals surface area contributed by atoms with Crippen LogP contribution in [0.2, 0.25) is 0 Å². The molecule has 0 unspecified atom stereocenters. The molecule has 2 aromatic carbocycles. The first-order valence-corrected chi connectivity index (χ1v) is 11.2. The molecule has 0 spiro atoms. The highest BCUT2D eigenvalue weighted by Crippen LogP contribution is 2.44. The van der Waals surface area contributed by atoms with Gasteiger partial charge in [-0.15, -0.1) is 0 Å². The molecule has 0 bridgehead atoms. The van der Waals surface area contributed by atoms with Crippen molar-refractivity contribution in [3.05, 3.63) is 68.6 Å². The van der Waals surface area contributed by atoms with Gasteiger partial charge in [-0.05, 0) is 81.6 Å². The molecular weight excluding hydrogens is 544 g/mol. The van der Waals surface area contributed by atoms with Crippen LogP contribution in [0.1, 0.15) is 29.8 Å². The van der Waals surface area contributed by atoms with Crippen LogP contribution in [-0.2, 0) is 4.79 Å². The van der Waals surface area contributed by atoms with Gasteiger partial charge < -0.3 is 14.6 Å². The van der Waals surface area contributed by atoms with Crippen molar-refractivity contribution in [2.45, 2.75) is 13.8 Å². The SMILES string of the molecule is C=CCOc1c(OCC)cc(/C=C2/C(=O)N(c3cccc(C(=O)O)c3)N=C2C)c(Br)c1Br. The lowest BCUT2D eigenvalue weighted by Gasteiger charge is -2.16. The third-order valence-electron chi connectivity index (χ3n) is 4.50. The van der Waals surface area contributed by atoms with Crippen LogP contribution in [0.4, 0.5) is 5.69 Å². The number of carboxylic acids is 1. The Morgan fingerprint density at radius 1 is 1.25 bits per heavy atom. The Morgan fingerprint density at radius 3 is 2.66 bits per heavy atom. The maximum Gasteiger partial charge on any atom is 0.335 e. The van der Waals surface area contributed by atoms with Gasteiger partial charge in [-0.1, -0.05) is 18.7 Å². The fourth-order valence-corrected chi connectivity index (χ4v) is 3.98. The van der Waals surface area contributed by atoms with Crippen LogP contribution in [-0.4, -0.2) is 35.9 Å². The summed E-state index contributed by atoms with van der Waals surface area (Å²) < 4.78 is 12.8. The van der Waals surface area contributed by atoms with Gasteiger partial charge in [0, 0.05) is 4.47 Å². The molecule has 9 heteroatoms. The first kappa shape index (κ1) is 23.7. The number of hydrogen-bond donors (Lipinski definition) is 1. The number of carboxylic acid groups (broad SMARTS) is 1. The first-order chi connectivity index (χ1) is 15.3. The molecule has 7 nitrogen and oxygen atoms in total. The summed E-state index contributed by atoms with van der Waals surface area (Å²) in [6.07, 6.45) is 3.34. The Morgan fingerprint density at radius 2 is 2.00 bits per heavy atom. The van der Waals surface area contributed by atoms with Crippen LogP contribution in [0.3, 0.4) is 0 Å². The zero-order valence-electron chi connectivity index (χ0n) is 17.4. The molecule has 1 heterocycles. The number of rotatable bonds is 8. The summed E-state index contributed by atoms with van der Waals surface area (Å²) in [4.78, 5) is 24.4. The van der Waals surface area contributed by atoms with Gasteiger partial charge in [-0.2, -0.15) is 10.1 Å². The monoisotopic (exact) mass is 562 g/mol. The van der Waals surface area contributed by atoms with Crippen LogP contribution in [0.5, 0.6) is 11.5 Å². The van der Waals surface area contributed by atoms with Crippen molar-refractivity contribution < 1.29 is 24.2 Å². The lowest BCUT2D eigenvalue weighted by Crippen LogP contribution is -2.21. The maximum absolute atomic E-state index is 13.1. The van der Waals surface area contributed by atoms with Crippen LogP contribution in [0, 0.1) is 0 Å². The van der Waals surface area contributed by atoms with Gasteiger partial charge >= 0.3 is 5.97 Å². The second-order valence-corrected chi connectivity index (χ2v) is 8.26. The molecule has 0 aliphatic carbocycles. The van der Waals surface area contributed by atoms with E-state index in [0.29, 0.717) is 56.2 Å². The van der Waals surface area contributed by atoms with E-state index in [9.17, 15) is 14.7 Å². The number of anilines is 1. The van der Waals surface area contributed by atoms with E-state index < -0.39 is 5.97 Å². The highest BCUT2D eigenvalue weighted by molar-refractivity contribution is 9.13. The number of carbonyl (C=O) groups is 2. The first-order valence-electron chi connectivity index (χ1n) is 9.62. The third kappa shape index (κ3) is 4.78. The largest absolute Gasteiger partial charge is 0.490 e. The fourth-order valence-electron chi connectivity index (χ4n) is 3.03. The minimum absolute atomic E-state index is 0.0729. The highest BCUT2D eigenvalue weighted by atomic mass is 79.9. The lowest BCUT2D eigenvalue weighted by atomic mass is 10.1. The lowest BCUT2D eigenvalue weighted by molar-refractivity contribution is -0.114. The number of hydrogen-bond acceptors (Lipinski definition) is 5. The Hall–Kier alpha value is -2.91. The molecule has 2 aromatic rings. The minimum Gasteiger partial charge on any atom is -0.490 e. The smallest absolute Gasteiger partial charge is 0.335 e. The van der Waals surface area contributed by atoms with E-state index in [1.165, 1.54) is 17.1 Å². The van der Waals surface area contributed by atoms with Crippen LogP contribution in [0.15, 0.2) is 62.6 Å². The van der Waals surface area contributed by atoms with Crippen molar-refractivity contribution in [1.82, 2.24) is 0 Å². The van der Waals surface area contributed by atoms with Crippen LogP contribution >= 0.6 is 31.9 Å². The number of halogens is 2. The van der Waals surface area contributed by atoms with E-state index in [1.54, 1.807) is 37.3 Å². The molecule has 3 rings (SSSR count). The molecule has 1 N–H and O–H groups in total. The van der Waals surface area contributed by atoms with E-state index in [2.05, 4.69) is 43.5 Å². The third-order valence-corrected chi connectivity index (χ3v) is 6.64. The number of ether oxygens (including phenoxy) is 2. The summed E-state index contributed by atoms with van der Waals surface area (Å²) in [6.45, 7) is 7.99. The second kappa shape index (κ2) is 10.1. The quantitative estimate of drug-likeness (QED) is 0.330. The predicted octanol–water partition coefficient (Wildman–Crippen LogP) is 5.68. The maximum atomic E-state index is 13.1. The van der Waals surface area contributed by atoms with Crippen molar-refractivity contribution in [2.24, 2.45) is 5.10 Å². The van der Waals surface area contributed by atoms with Gasteiger partial charge in [0.2, 0.25) is 0 Å². The second-order valence-electron chi connectivity index (χ2n) is 6.67. The minimum atomic E-state index is -1.08. The summed E-state index contributed by atoms with van der Waals surface area (Å²) in [6, 6.07) is 7.85. The summed E-state index contributed by atoms with van der Waals surface area (Å²) in [5.41, 5.74) is 2.01. The Bertz CT molecular complexity index is 1160. The summed E-state index contributed by atoms with van der Waals surface area (Å²) >= 11 is 7.09. The van der Waals surface area contributed by atoms with Crippen molar-refractivity contribution in [3.63, 3.8) is 0 Å². The van der Waals surface area contributed by atoms with Crippen LogP contribution < -0.4 is 14.5 Å². The van der Waals surface area contributed by atoms with Gasteiger partial charge in [0.15, 0.2) is 11.5 Å². The average Bonchev–Trinajstić information content (AvgIpc) is 3.05. The molecule has 0 atom stereocenters. The molecule has 0 saturated carbocycles. The summed E-state index contributed by atoms with van der Waals surface area (Å²) in [7, 11) is 0. The molecule has 0 radical (unpaired) electrons. The van der Waals surface area contributed by atoms with Crippen LogP contribution in [0.25, 0.3) is 6.08 Å². The number of benzene rings is 2. The van der Waals surface area contributed by atoms with Gasteiger partial charge in [0.25, 0.3) is 5.91 Å². The van der Waals surface area contributed by atoms with Crippen molar-refractivity contribution >= 4 is 61.2 Å². The normalized spacial score (nSPS) is 14.5. The molecule has 166 valence electrons. The number of amides is 1. The fraction of sp³-hybridized carbons (Fsp3) is 0.174. The van der Waals surface area contributed by atoms with Gasteiger partial charge in [0.05, 0.1) is 33.6 Å². The van der Waals surface area contributed by atoms with Crippen molar-refractivity contribution in [3.8, 4) is 11.5 Å². The molecule has 1 aliphatic heterocycles. The molecule has 1 aliphatic rings. The molecular formula is C23H20Br2N2O5. The number of aromatic carboxylic acids is 1. The highest BCUT2D eigenvalue weighted by Gasteiger charge is 2.30. The number of carbonyl (C=O) groups excluding carboxylic acids is 1. The average molecular weight is 564 g/mol. The molecule has 32 heavy (non-hydrogen) atoms. The molecule has 0 fully saturated rings. The van der Waals surface area contributed by atoms with Gasteiger partial charge in [-0.25, -0.2) is 4.79 Å². The summed E-state index contributed by atoms with van der Waals surface area (Å²) in [5.74, 6) is -0.401. The molecule has 1 amide bonds. The van der Waals surface area contributed by atoms with Gasteiger partial charge in [-0.3, -0.25) is 4.79 Å². The predicted molar refractivity (Wildman–Crippen MR) is 131 cm³/mol.